The maximum atomic E-state index is 13.1. The molecule has 0 spiro atoms. The van der Waals surface area contributed by atoms with Gasteiger partial charge in [0.1, 0.15) is 5.82 Å². The van der Waals surface area contributed by atoms with Gasteiger partial charge in [-0.05, 0) is 74.6 Å². The second-order valence-corrected chi connectivity index (χ2v) is 8.50. The molecule has 0 radical (unpaired) electrons. The molecule has 3 aromatic rings. The summed E-state index contributed by atoms with van der Waals surface area (Å²) >= 11 is 0. The number of benzene rings is 2. The molecule has 4 rings (SSSR count). The standard InChI is InChI=1S/C26H29FN4O/c1-19(9-10-20-6-3-2-4-7-20)28-26(32)22-8-5-17-31(18-22)25-16-15-24(29-30-25)21-11-13-23(27)14-12-21/h2-4,6-7,11-16,19,22H,5,8-10,17-18H2,1H3,(H,28,32)/t19-,22+/m0/s1. The number of hydrogen-bond donors (Lipinski definition) is 1. The van der Waals surface area contributed by atoms with Gasteiger partial charge >= 0.3 is 0 Å². The monoisotopic (exact) mass is 432 g/mol. The summed E-state index contributed by atoms with van der Waals surface area (Å²) < 4.78 is 13.1. The number of rotatable bonds is 7. The van der Waals surface area contributed by atoms with Gasteiger partial charge in [0.15, 0.2) is 5.82 Å². The number of nitrogens with zero attached hydrogens (tertiary/aromatic N) is 3. The fourth-order valence-electron chi connectivity index (χ4n) is 4.13. The first-order valence-corrected chi connectivity index (χ1v) is 11.3. The van der Waals surface area contributed by atoms with Crippen molar-refractivity contribution < 1.29 is 9.18 Å². The van der Waals surface area contributed by atoms with Crippen LogP contribution >= 0.6 is 0 Å². The third-order valence-corrected chi connectivity index (χ3v) is 6.00. The molecule has 1 aliphatic rings. The zero-order valence-corrected chi connectivity index (χ0v) is 18.4. The molecular formula is C26H29FN4O. The van der Waals surface area contributed by atoms with Crippen molar-refractivity contribution in [1.29, 1.82) is 0 Å². The Morgan fingerprint density at radius 2 is 1.88 bits per heavy atom. The molecule has 1 aromatic heterocycles. The van der Waals surface area contributed by atoms with Gasteiger partial charge in [-0.15, -0.1) is 10.2 Å². The zero-order chi connectivity index (χ0) is 22.3. The lowest BCUT2D eigenvalue weighted by molar-refractivity contribution is -0.125. The summed E-state index contributed by atoms with van der Waals surface area (Å²) in [6.07, 6.45) is 3.70. The smallest absolute Gasteiger partial charge is 0.225 e. The van der Waals surface area contributed by atoms with Crippen LogP contribution in [0.1, 0.15) is 31.7 Å². The van der Waals surface area contributed by atoms with Gasteiger partial charge in [0.2, 0.25) is 5.91 Å². The van der Waals surface area contributed by atoms with Gasteiger partial charge in [-0.1, -0.05) is 30.3 Å². The summed E-state index contributed by atoms with van der Waals surface area (Å²) in [5, 5.41) is 11.9. The number of nitrogens with one attached hydrogen (secondary N) is 1. The topological polar surface area (TPSA) is 58.1 Å². The lowest BCUT2D eigenvalue weighted by Gasteiger charge is -2.33. The molecule has 0 saturated carbocycles. The van der Waals surface area contributed by atoms with Gasteiger partial charge in [-0.25, -0.2) is 4.39 Å². The fraction of sp³-hybridized carbons (Fsp3) is 0.346. The Bertz CT molecular complexity index is 1010. The van der Waals surface area contributed by atoms with Crippen LogP contribution in [0.3, 0.4) is 0 Å². The van der Waals surface area contributed by atoms with Crippen LogP contribution in [0.4, 0.5) is 10.2 Å². The maximum Gasteiger partial charge on any atom is 0.225 e. The third kappa shape index (κ3) is 5.69. The first kappa shape index (κ1) is 21.9. The quantitative estimate of drug-likeness (QED) is 0.591. The highest BCUT2D eigenvalue weighted by Gasteiger charge is 2.27. The average molecular weight is 433 g/mol. The number of aryl methyl sites for hydroxylation is 1. The van der Waals surface area contributed by atoms with Crippen LogP contribution in [0.5, 0.6) is 0 Å². The molecule has 6 heteroatoms. The van der Waals surface area contributed by atoms with Crippen LogP contribution in [-0.2, 0) is 11.2 Å². The lowest BCUT2D eigenvalue weighted by Crippen LogP contribution is -2.45. The van der Waals surface area contributed by atoms with Crippen LogP contribution in [0.15, 0.2) is 66.7 Å². The Balaban J connectivity index is 1.31. The van der Waals surface area contributed by atoms with Crippen LogP contribution in [0, 0.1) is 11.7 Å². The van der Waals surface area contributed by atoms with Crippen LogP contribution in [-0.4, -0.2) is 35.2 Å². The van der Waals surface area contributed by atoms with Crippen molar-refractivity contribution in [3.63, 3.8) is 0 Å². The van der Waals surface area contributed by atoms with Crippen molar-refractivity contribution in [2.24, 2.45) is 5.92 Å². The summed E-state index contributed by atoms with van der Waals surface area (Å²) in [6.45, 7) is 3.57. The molecule has 0 aliphatic carbocycles. The SMILES string of the molecule is C[C@@H](CCc1ccccc1)NC(=O)[C@@H]1CCCN(c2ccc(-c3ccc(F)cc3)nn2)C1. The minimum absolute atomic E-state index is 0.0542. The van der Waals surface area contributed by atoms with E-state index in [2.05, 4.69) is 39.5 Å². The highest BCUT2D eigenvalue weighted by atomic mass is 19.1. The average Bonchev–Trinajstić information content (AvgIpc) is 2.84. The first-order valence-electron chi connectivity index (χ1n) is 11.3. The molecule has 1 N–H and O–H groups in total. The van der Waals surface area contributed by atoms with E-state index in [0.29, 0.717) is 12.2 Å². The van der Waals surface area contributed by atoms with Crippen molar-refractivity contribution in [2.45, 2.75) is 38.6 Å². The molecule has 166 valence electrons. The zero-order valence-electron chi connectivity index (χ0n) is 18.4. The maximum absolute atomic E-state index is 13.1. The van der Waals surface area contributed by atoms with E-state index in [9.17, 15) is 9.18 Å². The summed E-state index contributed by atoms with van der Waals surface area (Å²) in [6, 6.07) is 20.5. The van der Waals surface area contributed by atoms with E-state index in [-0.39, 0.29) is 23.7 Å². The van der Waals surface area contributed by atoms with Crippen molar-refractivity contribution in [2.75, 3.05) is 18.0 Å². The lowest BCUT2D eigenvalue weighted by atomic mass is 9.96. The largest absolute Gasteiger partial charge is 0.354 e. The molecule has 2 heterocycles. The number of piperidine rings is 1. The number of amides is 1. The van der Waals surface area contributed by atoms with Gasteiger partial charge < -0.3 is 10.2 Å². The third-order valence-electron chi connectivity index (χ3n) is 6.00. The molecule has 1 fully saturated rings. The van der Waals surface area contributed by atoms with E-state index in [0.717, 1.165) is 43.6 Å². The molecule has 0 bridgehead atoms. The van der Waals surface area contributed by atoms with Gasteiger partial charge in [-0.3, -0.25) is 4.79 Å². The van der Waals surface area contributed by atoms with Gasteiger partial charge in [0, 0.05) is 24.7 Å². The van der Waals surface area contributed by atoms with Crippen molar-refractivity contribution in [3.05, 3.63) is 78.1 Å². The molecule has 5 nitrogen and oxygen atoms in total. The van der Waals surface area contributed by atoms with E-state index < -0.39 is 0 Å². The molecular weight excluding hydrogens is 403 g/mol. The van der Waals surface area contributed by atoms with Gasteiger partial charge in [-0.2, -0.15) is 0 Å². The van der Waals surface area contributed by atoms with E-state index in [1.165, 1.54) is 17.7 Å². The minimum atomic E-state index is -0.273. The summed E-state index contributed by atoms with van der Waals surface area (Å²) in [5.41, 5.74) is 2.82. The predicted molar refractivity (Wildman–Crippen MR) is 125 cm³/mol. The predicted octanol–water partition coefficient (Wildman–Crippen LogP) is 4.64. The Morgan fingerprint density at radius 1 is 1.09 bits per heavy atom. The van der Waals surface area contributed by atoms with Crippen LogP contribution in [0.25, 0.3) is 11.3 Å². The molecule has 1 saturated heterocycles. The highest BCUT2D eigenvalue weighted by Crippen LogP contribution is 2.24. The first-order chi connectivity index (χ1) is 15.6. The second kappa shape index (κ2) is 10.4. The number of aromatic nitrogens is 2. The van der Waals surface area contributed by atoms with E-state index in [1.807, 2.05) is 30.3 Å². The Morgan fingerprint density at radius 3 is 2.59 bits per heavy atom. The fourth-order valence-corrected chi connectivity index (χ4v) is 4.13. The molecule has 1 amide bonds. The van der Waals surface area contributed by atoms with Crippen molar-refractivity contribution >= 4 is 11.7 Å². The minimum Gasteiger partial charge on any atom is -0.354 e. The van der Waals surface area contributed by atoms with Gasteiger partial charge in [0.25, 0.3) is 0 Å². The normalized spacial score (nSPS) is 17.1. The second-order valence-electron chi connectivity index (χ2n) is 8.50. The van der Waals surface area contributed by atoms with E-state index in [4.69, 9.17) is 0 Å². The number of carbonyl (C=O) groups excluding carboxylic acids is 1. The van der Waals surface area contributed by atoms with Gasteiger partial charge in [0.05, 0.1) is 11.6 Å². The highest BCUT2D eigenvalue weighted by molar-refractivity contribution is 5.79. The number of halogens is 1. The molecule has 1 aliphatic heterocycles. The van der Waals surface area contributed by atoms with E-state index in [1.54, 1.807) is 12.1 Å². The number of anilines is 1. The Labute approximate surface area is 188 Å². The summed E-state index contributed by atoms with van der Waals surface area (Å²) in [7, 11) is 0. The molecule has 32 heavy (non-hydrogen) atoms. The molecule has 2 atom stereocenters. The van der Waals surface area contributed by atoms with Crippen molar-refractivity contribution in [3.8, 4) is 11.3 Å². The molecule has 0 unspecified atom stereocenters. The summed E-state index contributed by atoms with van der Waals surface area (Å²) in [5.74, 6) is 0.559. The van der Waals surface area contributed by atoms with Crippen molar-refractivity contribution in [1.82, 2.24) is 15.5 Å². The molecule has 2 aromatic carbocycles. The Kier molecular flexibility index (Phi) is 7.10. The summed E-state index contributed by atoms with van der Waals surface area (Å²) in [4.78, 5) is 15.0. The van der Waals surface area contributed by atoms with Crippen LogP contribution in [0.2, 0.25) is 0 Å². The van der Waals surface area contributed by atoms with E-state index >= 15 is 0 Å². The number of hydrogen-bond acceptors (Lipinski definition) is 4. The van der Waals surface area contributed by atoms with Crippen LogP contribution < -0.4 is 10.2 Å². The Hall–Kier alpha value is -3.28. The number of carbonyl (C=O) groups is 1.